The summed E-state index contributed by atoms with van der Waals surface area (Å²) in [7, 11) is 1.52. The molecule has 1 atom stereocenters. The minimum absolute atomic E-state index is 0.175. The Kier molecular flexibility index (Phi) is 5.95. The van der Waals surface area contributed by atoms with E-state index in [1.807, 2.05) is 6.92 Å². The molecular weight excluding hydrogens is 397 g/mol. The van der Waals surface area contributed by atoms with Crippen LogP contribution in [0.25, 0.3) is 10.1 Å². The van der Waals surface area contributed by atoms with E-state index in [0.29, 0.717) is 27.4 Å². The van der Waals surface area contributed by atoms with Crippen LogP contribution in [0, 0.1) is 0 Å². The van der Waals surface area contributed by atoms with Crippen LogP contribution in [-0.2, 0) is 9.53 Å². The molecule has 1 aromatic carbocycles. The third kappa shape index (κ3) is 3.63. The molecule has 0 unspecified atom stereocenters. The van der Waals surface area contributed by atoms with Crippen molar-refractivity contribution in [3.8, 4) is 5.75 Å². The largest absolute Gasteiger partial charge is 0.495 e. The van der Waals surface area contributed by atoms with Gasteiger partial charge in [-0.2, -0.15) is 0 Å². The number of esters is 1. The maximum atomic E-state index is 12.4. The second-order valence-corrected chi connectivity index (χ2v) is 7.99. The van der Waals surface area contributed by atoms with Crippen LogP contribution < -0.4 is 4.74 Å². The van der Waals surface area contributed by atoms with E-state index < -0.39 is 5.97 Å². The van der Waals surface area contributed by atoms with Gasteiger partial charge in [0.1, 0.15) is 15.6 Å². The van der Waals surface area contributed by atoms with Crippen LogP contribution in [0.4, 0.5) is 0 Å². The van der Waals surface area contributed by atoms with Crippen LogP contribution in [0.2, 0.25) is 10.0 Å². The lowest BCUT2D eigenvalue weighted by molar-refractivity contribution is -0.137. The van der Waals surface area contributed by atoms with Gasteiger partial charge in [0, 0.05) is 18.0 Å². The highest BCUT2D eigenvalue weighted by Gasteiger charge is 2.26. The van der Waals surface area contributed by atoms with Crippen molar-refractivity contribution in [1.29, 1.82) is 0 Å². The number of hydrogen-bond donors (Lipinski definition) is 0. The molecule has 1 saturated heterocycles. The predicted molar refractivity (Wildman–Crippen MR) is 104 cm³/mol. The van der Waals surface area contributed by atoms with Crippen molar-refractivity contribution < 1.29 is 19.1 Å². The molecule has 0 radical (unpaired) electrons. The Morgan fingerprint density at radius 1 is 1.27 bits per heavy atom. The zero-order valence-electron chi connectivity index (χ0n) is 14.5. The first kappa shape index (κ1) is 19.3. The van der Waals surface area contributed by atoms with Crippen molar-refractivity contribution in [3.05, 3.63) is 27.1 Å². The molecule has 1 aliphatic rings. The zero-order chi connectivity index (χ0) is 18.8. The third-order valence-corrected chi connectivity index (χ3v) is 6.75. The van der Waals surface area contributed by atoms with Gasteiger partial charge in [-0.3, -0.25) is 4.79 Å². The molecule has 0 saturated carbocycles. The summed E-state index contributed by atoms with van der Waals surface area (Å²) in [4.78, 5) is 26.8. The number of carbonyl (C=O) groups is 2. The maximum absolute atomic E-state index is 12.4. The van der Waals surface area contributed by atoms with E-state index in [1.54, 1.807) is 17.0 Å². The van der Waals surface area contributed by atoms with Gasteiger partial charge in [0.05, 0.1) is 16.8 Å². The van der Waals surface area contributed by atoms with E-state index in [2.05, 4.69) is 0 Å². The fraction of sp³-hybridized carbons (Fsp3) is 0.444. The third-order valence-electron chi connectivity index (χ3n) is 4.56. The number of amides is 1. The number of halogens is 2. The summed E-state index contributed by atoms with van der Waals surface area (Å²) in [6.07, 6.45) is 3.07. The molecule has 1 aliphatic heterocycles. The van der Waals surface area contributed by atoms with Crippen LogP contribution in [0.15, 0.2) is 12.1 Å². The van der Waals surface area contributed by atoms with Gasteiger partial charge in [0.2, 0.25) is 0 Å². The highest BCUT2D eigenvalue weighted by molar-refractivity contribution is 7.22. The summed E-state index contributed by atoms with van der Waals surface area (Å²) in [6, 6.07) is 3.62. The van der Waals surface area contributed by atoms with Crippen molar-refractivity contribution in [1.82, 2.24) is 4.90 Å². The fourth-order valence-electron chi connectivity index (χ4n) is 3.11. The SMILES string of the molecule is COc1ccc2c(Cl)c(C(=O)OCC(=O)N3CCCC[C@@H]3C)sc2c1Cl. The van der Waals surface area contributed by atoms with Gasteiger partial charge >= 0.3 is 5.97 Å². The topological polar surface area (TPSA) is 55.8 Å². The number of carbonyl (C=O) groups excluding carboxylic acids is 2. The Morgan fingerprint density at radius 3 is 2.73 bits per heavy atom. The molecule has 0 N–H and O–H groups in total. The van der Waals surface area contributed by atoms with Crippen LogP contribution in [0.3, 0.4) is 0 Å². The van der Waals surface area contributed by atoms with Gasteiger partial charge in [-0.25, -0.2) is 4.79 Å². The summed E-state index contributed by atoms with van der Waals surface area (Å²) in [5.74, 6) is -0.294. The minimum atomic E-state index is -0.621. The standard InChI is InChI=1S/C18H19Cl2NO4S/c1-10-5-3-4-8-21(10)13(22)9-25-18(23)17-14(19)11-6-7-12(24-2)15(20)16(11)26-17/h6-7,10H,3-5,8-9H2,1-2H3/t10-/m0/s1. The van der Waals surface area contributed by atoms with Gasteiger partial charge in [0.25, 0.3) is 5.91 Å². The van der Waals surface area contributed by atoms with Crippen molar-refractivity contribution in [2.45, 2.75) is 32.2 Å². The van der Waals surface area contributed by atoms with Crippen molar-refractivity contribution in [3.63, 3.8) is 0 Å². The van der Waals surface area contributed by atoms with E-state index in [4.69, 9.17) is 32.7 Å². The number of piperidine rings is 1. The summed E-state index contributed by atoms with van der Waals surface area (Å²) in [5, 5.41) is 1.33. The Labute approximate surface area is 165 Å². The first-order chi connectivity index (χ1) is 12.4. The molecule has 5 nitrogen and oxygen atoms in total. The Hall–Kier alpha value is -1.50. The average Bonchev–Trinajstić information content (AvgIpc) is 2.98. The van der Waals surface area contributed by atoms with Gasteiger partial charge in [0.15, 0.2) is 6.61 Å². The molecule has 26 heavy (non-hydrogen) atoms. The van der Waals surface area contributed by atoms with Gasteiger partial charge in [-0.15, -0.1) is 11.3 Å². The number of hydrogen-bond acceptors (Lipinski definition) is 5. The van der Waals surface area contributed by atoms with E-state index in [-0.39, 0.29) is 28.5 Å². The fourth-order valence-corrected chi connectivity index (χ4v) is 4.89. The van der Waals surface area contributed by atoms with Crippen LogP contribution in [0.1, 0.15) is 35.9 Å². The normalized spacial score (nSPS) is 17.4. The maximum Gasteiger partial charge on any atom is 0.350 e. The molecule has 0 bridgehead atoms. The average molecular weight is 416 g/mol. The Balaban J connectivity index is 1.74. The predicted octanol–water partition coefficient (Wildman–Crippen LogP) is 4.77. The molecule has 140 valence electrons. The highest BCUT2D eigenvalue weighted by atomic mass is 35.5. The molecule has 1 aromatic heterocycles. The second kappa shape index (κ2) is 8.03. The molecule has 3 rings (SSSR count). The van der Waals surface area contributed by atoms with E-state index in [9.17, 15) is 9.59 Å². The molecular formula is C18H19Cl2NO4S. The number of rotatable bonds is 4. The number of likely N-dealkylation sites (tertiary alicyclic amines) is 1. The summed E-state index contributed by atoms with van der Waals surface area (Å²) in [5.41, 5.74) is 0. The van der Waals surface area contributed by atoms with Crippen molar-refractivity contribution in [2.75, 3.05) is 20.3 Å². The smallest absolute Gasteiger partial charge is 0.350 e. The molecule has 8 heteroatoms. The van der Waals surface area contributed by atoms with E-state index >= 15 is 0 Å². The molecule has 1 fully saturated rings. The molecule has 2 aromatic rings. The lowest BCUT2D eigenvalue weighted by Crippen LogP contribution is -2.44. The molecule has 0 aliphatic carbocycles. The molecule has 2 heterocycles. The highest BCUT2D eigenvalue weighted by Crippen LogP contribution is 2.43. The summed E-state index contributed by atoms with van der Waals surface area (Å²) < 4.78 is 11.1. The van der Waals surface area contributed by atoms with Crippen molar-refractivity contribution in [2.24, 2.45) is 0 Å². The Morgan fingerprint density at radius 2 is 2.04 bits per heavy atom. The van der Waals surface area contributed by atoms with Gasteiger partial charge in [-0.1, -0.05) is 23.2 Å². The molecule has 0 spiro atoms. The second-order valence-electron chi connectivity index (χ2n) is 6.21. The first-order valence-electron chi connectivity index (χ1n) is 8.35. The lowest BCUT2D eigenvalue weighted by Gasteiger charge is -2.33. The number of benzene rings is 1. The van der Waals surface area contributed by atoms with Crippen LogP contribution in [-0.4, -0.2) is 43.1 Å². The lowest BCUT2D eigenvalue weighted by atomic mass is 10.0. The summed E-state index contributed by atoms with van der Waals surface area (Å²) >= 11 is 13.7. The quantitative estimate of drug-likeness (QED) is 0.674. The first-order valence-corrected chi connectivity index (χ1v) is 9.92. The Bertz CT molecular complexity index is 851. The summed E-state index contributed by atoms with van der Waals surface area (Å²) in [6.45, 7) is 2.43. The number of thiophene rings is 1. The van der Waals surface area contributed by atoms with Crippen LogP contribution >= 0.6 is 34.5 Å². The number of methoxy groups -OCH3 is 1. The monoisotopic (exact) mass is 415 g/mol. The van der Waals surface area contributed by atoms with Gasteiger partial charge < -0.3 is 14.4 Å². The number of nitrogens with zero attached hydrogens (tertiary/aromatic N) is 1. The number of fused-ring (bicyclic) bond motifs is 1. The van der Waals surface area contributed by atoms with Crippen molar-refractivity contribution >= 4 is 56.5 Å². The van der Waals surface area contributed by atoms with E-state index in [0.717, 1.165) is 30.6 Å². The van der Waals surface area contributed by atoms with Gasteiger partial charge in [-0.05, 0) is 38.3 Å². The zero-order valence-corrected chi connectivity index (χ0v) is 16.8. The minimum Gasteiger partial charge on any atom is -0.495 e. The molecule has 1 amide bonds. The van der Waals surface area contributed by atoms with Crippen LogP contribution in [0.5, 0.6) is 5.75 Å². The van der Waals surface area contributed by atoms with E-state index in [1.165, 1.54) is 7.11 Å². The number of ether oxygens (including phenoxy) is 2.